The Hall–Kier alpha value is -3.98. The molecule has 8 nitrogen and oxygen atoms in total. The van der Waals surface area contributed by atoms with Gasteiger partial charge in [0.25, 0.3) is 15.6 Å². The summed E-state index contributed by atoms with van der Waals surface area (Å²) in [5.74, 6) is -0.146. The minimum absolute atomic E-state index is 0.125. The summed E-state index contributed by atoms with van der Waals surface area (Å²) in [6, 6.07) is 23.1. The summed E-state index contributed by atoms with van der Waals surface area (Å²) in [6.45, 7) is 0.623. The highest BCUT2D eigenvalue weighted by atomic mass is 32.2. The second kappa shape index (κ2) is 7.28. The van der Waals surface area contributed by atoms with E-state index in [1.54, 1.807) is 54.7 Å². The lowest BCUT2D eigenvalue weighted by Crippen LogP contribution is -2.46. The summed E-state index contributed by atoms with van der Waals surface area (Å²) < 4.78 is 30.0. The molecule has 0 aliphatic carbocycles. The average molecular weight is 458 g/mol. The number of pyridine rings is 1. The quantitative estimate of drug-likeness (QED) is 0.472. The molecule has 0 bridgehead atoms. The highest BCUT2D eigenvalue weighted by Crippen LogP contribution is 2.36. The molecule has 0 radical (unpaired) electrons. The van der Waals surface area contributed by atoms with Gasteiger partial charge in [-0.2, -0.15) is 5.10 Å². The molecule has 0 fully saturated rings. The summed E-state index contributed by atoms with van der Waals surface area (Å²) in [5, 5.41) is 6.57. The molecule has 0 unspecified atom stereocenters. The number of rotatable bonds is 3. The Morgan fingerprint density at radius 3 is 2.30 bits per heavy atom. The summed E-state index contributed by atoms with van der Waals surface area (Å²) in [4.78, 5) is 18.3. The van der Waals surface area contributed by atoms with Crippen LogP contribution in [0.5, 0.6) is 0 Å². The molecular formula is C24H19N5O3S. The van der Waals surface area contributed by atoms with Crippen molar-refractivity contribution in [3.8, 4) is 0 Å². The maximum atomic E-state index is 13.7. The van der Waals surface area contributed by atoms with Crippen LogP contribution in [0.2, 0.25) is 0 Å². The second-order valence-electron chi connectivity index (χ2n) is 7.99. The Morgan fingerprint density at radius 1 is 0.848 bits per heavy atom. The van der Waals surface area contributed by atoms with Crippen LogP contribution in [0.1, 0.15) is 5.56 Å². The maximum absolute atomic E-state index is 13.7. The van der Waals surface area contributed by atoms with Crippen molar-refractivity contribution in [1.82, 2.24) is 9.38 Å². The first-order chi connectivity index (χ1) is 16.0. The van der Waals surface area contributed by atoms with E-state index in [1.807, 2.05) is 35.3 Å². The van der Waals surface area contributed by atoms with Crippen LogP contribution in [0, 0.1) is 5.92 Å². The molecule has 0 saturated heterocycles. The van der Waals surface area contributed by atoms with Crippen molar-refractivity contribution in [2.24, 2.45) is 11.0 Å². The van der Waals surface area contributed by atoms with Gasteiger partial charge in [0, 0.05) is 18.7 Å². The van der Waals surface area contributed by atoms with Crippen molar-refractivity contribution < 1.29 is 8.42 Å². The maximum Gasteiger partial charge on any atom is 0.269 e. The van der Waals surface area contributed by atoms with E-state index in [2.05, 4.69) is 4.98 Å². The largest absolute Gasteiger partial charge is 0.269 e. The highest BCUT2D eigenvalue weighted by Gasteiger charge is 2.43. The first-order valence-electron chi connectivity index (χ1n) is 10.5. The van der Waals surface area contributed by atoms with Gasteiger partial charge >= 0.3 is 0 Å². The Kier molecular flexibility index (Phi) is 4.34. The van der Waals surface area contributed by atoms with Crippen molar-refractivity contribution in [2.75, 3.05) is 22.4 Å². The molecule has 4 aromatic rings. The molecule has 33 heavy (non-hydrogen) atoms. The molecular weight excluding hydrogens is 438 g/mol. The predicted octanol–water partition coefficient (Wildman–Crippen LogP) is 2.74. The van der Waals surface area contributed by atoms with E-state index in [1.165, 1.54) is 8.71 Å². The lowest BCUT2D eigenvalue weighted by molar-refractivity contribution is 0.582. The van der Waals surface area contributed by atoms with Gasteiger partial charge in [-0.3, -0.25) is 14.2 Å². The lowest BCUT2D eigenvalue weighted by atomic mass is 9.95. The molecule has 2 aromatic heterocycles. The van der Waals surface area contributed by atoms with Crippen LogP contribution >= 0.6 is 0 Å². The molecule has 164 valence electrons. The van der Waals surface area contributed by atoms with Crippen LogP contribution in [0.4, 0.5) is 11.5 Å². The average Bonchev–Trinajstić information content (AvgIpc) is 3.29. The zero-order valence-corrected chi connectivity index (χ0v) is 18.3. The number of nitrogens with zero attached hydrogens (tertiary/aromatic N) is 5. The topological polar surface area (TPSA) is 87.3 Å². The third kappa shape index (κ3) is 3.04. The molecule has 1 atom stereocenters. The zero-order valence-electron chi connectivity index (χ0n) is 17.4. The number of aromatic nitrogens is 2. The van der Waals surface area contributed by atoms with Crippen LogP contribution in [0.15, 0.2) is 99.9 Å². The van der Waals surface area contributed by atoms with Gasteiger partial charge in [-0.15, -0.1) is 0 Å². The monoisotopic (exact) mass is 457 g/mol. The van der Waals surface area contributed by atoms with Crippen LogP contribution < -0.4 is 14.9 Å². The molecule has 2 aromatic carbocycles. The summed E-state index contributed by atoms with van der Waals surface area (Å²) in [7, 11) is -3.93. The van der Waals surface area contributed by atoms with Crippen LogP contribution in [-0.4, -0.2) is 36.6 Å². The predicted molar refractivity (Wildman–Crippen MR) is 126 cm³/mol. The van der Waals surface area contributed by atoms with Gasteiger partial charge in [0.2, 0.25) is 0 Å². The minimum atomic E-state index is -3.93. The second-order valence-corrected chi connectivity index (χ2v) is 9.86. The molecule has 0 saturated carbocycles. The van der Waals surface area contributed by atoms with Crippen molar-refractivity contribution in [3.05, 3.63) is 101 Å². The smallest absolute Gasteiger partial charge is 0.268 e. The highest BCUT2D eigenvalue weighted by molar-refractivity contribution is 7.92. The molecule has 2 aliphatic heterocycles. The molecule has 6 rings (SSSR count). The zero-order chi connectivity index (χ0) is 22.6. The number of hydrogen-bond acceptors (Lipinski definition) is 6. The van der Waals surface area contributed by atoms with Gasteiger partial charge in [-0.25, -0.2) is 17.7 Å². The third-order valence-corrected chi connectivity index (χ3v) is 7.76. The fourth-order valence-corrected chi connectivity index (χ4v) is 5.90. The SMILES string of the molecule is O=c1c2c(nc3ccccn13)N(S(=O)(=O)c1ccccc1)C[C@@H]1CN(c3ccccc3)N=C21. The Labute approximate surface area is 190 Å². The number of benzene rings is 2. The van der Waals surface area contributed by atoms with E-state index in [9.17, 15) is 13.2 Å². The van der Waals surface area contributed by atoms with E-state index in [0.29, 0.717) is 17.9 Å². The van der Waals surface area contributed by atoms with Crippen molar-refractivity contribution in [2.45, 2.75) is 4.90 Å². The first kappa shape index (κ1) is 19.7. The summed E-state index contributed by atoms with van der Waals surface area (Å²) >= 11 is 0. The van der Waals surface area contributed by atoms with Gasteiger partial charge in [-0.05, 0) is 36.4 Å². The van der Waals surface area contributed by atoms with Gasteiger partial charge < -0.3 is 0 Å². The molecule has 0 N–H and O–H groups in total. The number of hydrazone groups is 1. The van der Waals surface area contributed by atoms with E-state index in [-0.39, 0.29) is 34.3 Å². The van der Waals surface area contributed by atoms with E-state index < -0.39 is 10.0 Å². The lowest BCUT2D eigenvalue weighted by Gasteiger charge is -2.32. The van der Waals surface area contributed by atoms with Crippen molar-refractivity contribution >= 4 is 32.9 Å². The van der Waals surface area contributed by atoms with Gasteiger partial charge in [0.1, 0.15) is 11.2 Å². The normalized spacial score (nSPS) is 17.6. The standard InChI is InChI=1S/C24H19N5O3S/c30-24-21-22-17(15-28(26-22)18-9-3-1-4-10-18)16-29(33(31,32)19-11-5-2-6-12-19)23(21)25-20-13-7-8-14-27(20)24/h1-14,17H,15-16H2/t17-/m0/s1. The Morgan fingerprint density at radius 2 is 1.55 bits per heavy atom. The Bertz CT molecular complexity index is 1570. The molecule has 0 spiro atoms. The van der Waals surface area contributed by atoms with E-state index in [0.717, 1.165) is 5.69 Å². The fourth-order valence-electron chi connectivity index (χ4n) is 4.41. The van der Waals surface area contributed by atoms with Crippen LogP contribution in [-0.2, 0) is 10.0 Å². The number of sulfonamides is 1. The van der Waals surface area contributed by atoms with Crippen molar-refractivity contribution in [3.63, 3.8) is 0 Å². The summed E-state index contributed by atoms with van der Waals surface area (Å²) in [6.07, 6.45) is 1.63. The van der Waals surface area contributed by atoms with Gasteiger partial charge in [0.15, 0.2) is 5.82 Å². The Balaban J connectivity index is 1.58. The minimum Gasteiger partial charge on any atom is -0.268 e. The number of hydrogen-bond donors (Lipinski definition) is 0. The number of anilines is 2. The number of para-hydroxylation sites is 1. The fraction of sp³-hybridized carbons (Fsp3) is 0.125. The van der Waals surface area contributed by atoms with Crippen LogP contribution in [0.25, 0.3) is 5.65 Å². The molecule has 0 amide bonds. The molecule has 2 aliphatic rings. The molecule has 4 heterocycles. The van der Waals surface area contributed by atoms with Crippen molar-refractivity contribution in [1.29, 1.82) is 0 Å². The van der Waals surface area contributed by atoms with Crippen LogP contribution in [0.3, 0.4) is 0 Å². The van der Waals surface area contributed by atoms with E-state index >= 15 is 0 Å². The van der Waals surface area contributed by atoms with Gasteiger partial charge in [-0.1, -0.05) is 42.5 Å². The third-order valence-electron chi connectivity index (χ3n) is 5.99. The summed E-state index contributed by atoms with van der Waals surface area (Å²) in [5.41, 5.74) is 1.73. The molecule has 9 heteroatoms. The number of fused-ring (bicyclic) bond motifs is 4. The van der Waals surface area contributed by atoms with Gasteiger partial charge in [0.05, 0.1) is 22.8 Å². The first-order valence-corrected chi connectivity index (χ1v) is 12.0. The van der Waals surface area contributed by atoms with E-state index in [4.69, 9.17) is 5.10 Å².